The van der Waals surface area contributed by atoms with Gasteiger partial charge in [0.15, 0.2) is 17.6 Å². The molecule has 5 nitrogen and oxygen atoms in total. The SMILES string of the molecule is CC(C)c1ccc(O[C@@H](C)C(=O)Nc2ccc3c(c2)OCCO3)cc1. The number of hydrogen-bond donors (Lipinski definition) is 1. The summed E-state index contributed by atoms with van der Waals surface area (Å²) in [6, 6.07) is 13.2. The predicted octanol–water partition coefficient (Wildman–Crippen LogP) is 3.99. The first-order valence-corrected chi connectivity index (χ1v) is 8.50. The highest BCUT2D eigenvalue weighted by Gasteiger charge is 2.17. The van der Waals surface area contributed by atoms with Crippen molar-refractivity contribution in [2.24, 2.45) is 0 Å². The molecule has 0 saturated heterocycles. The van der Waals surface area contributed by atoms with E-state index in [1.54, 1.807) is 25.1 Å². The first-order chi connectivity index (χ1) is 12.0. The quantitative estimate of drug-likeness (QED) is 0.893. The number of carbonyl (C=O) groups is 1. The first kappa shape index (κ1) is 17.1. The van der Waals surface area contributed by atoms with Crippen LogP contribution in [0.5, 0.6) is 17.2 Å². The zero-order chi connectivity index (χ0) is 17.8. The largest absolute Gasteiger partial charge is 0.486 e. The number of nitrogens with one attached hydrogen (secondary N) is 1. The van der Waals surface area contributed by atoms with E-state index in [9.17, 15) is 4.79 Å². The van der Waals surface area contributed by atoms with Gasteiger partial charge in [0.25, 0.3) is 5.91 Å². The van der Waals surface area contributed by atoms with Crippen molar-refractivity contribution in [3.63, 3.8) is 0 Å². The smallest absolute Gasteiger partial charge is 0.265 e. The standard InChI is InChI=1S/C20H23NO4/c1-13(2)15-4-7-17(8-5-15)25-14(3)20(22)21-16-6-9-18-19(12-16)24-11-10-23-18/h4-9,12-14H,10-11H2,1-3H3,(H,21,22)/t14-/m0/s1. The zero-order valence-corrected chi connectivity index (χ0v) is 14.7. The molecule has 0 fully saturated rings. The predicted molar refractivity (Wildman–Crippen MR) is 96.7 cm³/mol. The monoisotopic (exact) mass is 341 g/mol. The maximum Gasteiger partial charge on any atom is 0.265 e. The Bertz CT molecular complexity index is 740. The molecule has 0 spiro atoms. The molecule has 1 aliphatic heterocycles. The summed E-state index contributed by atoms with van der Waals surface area (Å²) in [6.07, 6.45) is -0.613. The Morgan fingerprint density at radius 1 is 1.00 bits per heavy atom. The van der Waals surface area contributed by atoms with Crippen LogP contribution in [0.4, 0.5) is 5.69 Å². The lowest BCUT2D eigenvalue weighted by atomic mass is 10.0. The summed E-state index contributed by atoms with van der Waals surface area (Å²) in [5.74, 6) is 2.25. The molecule has 0 aliphatic carbocycles. The molecule has 2 aromatic rings. The van der Waals surface area contributed by atoms with E-state index in [4.69, 9.17) is 14.2 Å². The third-order valence-electron chi connectivity index (χ3n) is 4.04. The Morgan fingerprint density at radius 2 is 1.68 bits per heavy atom. The van der Waals surface area contributed by atoms with Crippen LogP contribution in [0.1, 0.15) is 32.3 Å². The van der Waals surface area contributed by atoms with Crippen LogP contribution >= 0.6 is 0 Å². The average Bonchev–Trinajstić information content (AvgIpc) is 2.62. The van der Waals surface area contributed by atoms with E-state index in [0.29, 0.717) is 42.1 Å². The number of rotatable bonds is 5. The van der Waals surface area contributed by atoms with Crippen molar-refractivity contribution in [2.45, 2.75) is 32.8 Å². The normalized spacial score (nSPS) is 14.1. The fraction of sp³-hybridized carbons (Fsp3) is 0.350. The van der Waals surface area contributed by atoms with Crippen LogP contribution in [-0.2, 0) is 4.79 Å². The second-order valence-corrected chi connectivity index (χ2v) is 6.33. The average molecular weight is 341 g/mol. The second-order valence-electron chi connectivity index (χ2n) is 6.33. The molecule has 0 saturated carbocycles. The Morgan fingerprint density at radius 3 is 2.36 bits per heavy atom. The molecule has 1 atom stereocenters. The molecule has 3 rings (SSSR count). The summed E-state index contributed by atoms with van der Waals surface area (Å²) >= 11 is 0. The van der Waals surface area contributed by atoms with Crippen LogP contribution < -0.4 is 19.5 Å². The molecule has 5 heteroatoms. The van der Waals surface area contributed by atoms with Crippen LogP contribution in [0, 0.1) is 0 Å². The van der Waals surface area contributed by atoms with E-state index < -0.39 is 6.10 Å². The number of benzene rings is 2. The Hall–Kier alpha value is -2.69. The van der Waals surface area contributed by atoms with Crippen molar-refractivity contribution >= 4 is 11.6 Å². The lowest BCUT2D eigenvalue weighted by molar-refractivity contribution is -0.122. The van der Waals surface area contributed by atoms with Crippen molar-refractivity contribution in [3.05, 3.63) is 48.0 Å². The van der Waals surface area contributed by atoms with Crippen molar-refractivity contribution < 1.29 is 19.0 Å². The van der Waals surface area contributed by atoms with Crippen LogP contribution in [0.3, 0.4) is 0 Å². The number of anilines is 1. The van der Waals surface area contributed by atoms with Gasteiger partial charge in [-0.15, -0.1) is 0 Å². The number of fused-ring (bicyclic) bond motifs is 1. The van der Waals surface area contributed by atoms with Crippen LogP contribution in [0.15, 0.2) is 42.5 Å². The molecular weight excluding hydrogens is 318 g/mol. The maximum atomic E-state index is 12.4. The molecule has 0 aromatic heterocycles. The lowest BCUT2D eigenvalue weighted by Crippen LogP contribution is -2.30. The van der Waals surface area contributed by atoms with Gasteiger partial charge in [-0.25, -0.2) is 0 Å². The minimum absolute atomic E-state index is 0.218. The van der Waals surface area contributed by atoms with Gasteiger partial charge in [-0.1, -0.05) is 26.0 Å². The summed E-state index contributed by atoms with van der Waals surface area (Å²) in [6.45, 7) is 7.05. The van der Waals surface area contributed by atoms with Gasteiger partial charge < -0.3 is 19.5 Å². The molecule has 1 heterocycles. The van der Waals surface area contributed by atoms with Gasteiger partial charge in [-0.05, 0) is 42.7 Å². The van der Waals surface area contributed by atoms with E-state index in [-0.39, 0.29) is 5.91 Å². The summed E-state index contributed by atoms with van der Waals surface area (Å²) in [5.41, 5.74) is 1.89. The third-order valence-corrected chi connectivity index (χ3v) is 4.04. The Balaban J connectivity index is 1.60. The molecule has 0 radical (unpaired) electrons. The van der Waals surface area contributed by atoms with Crippen molar-refractivity contribution in [3.8, 4) is 17.2 Å². The molecular formula is C20H23NO4. The highest BCUT2D eigenvalue weighted by Crippen LogP contribution is 2.32. The van der Waals surface area contributed by atoms with Crippen molar-refractivity contribution in [2.75, 3.05) is 18.5 Å². The lowest BCUT2D eigenvalue weighted by Gasteiger charge is -2.20. The molecule has 0 unspecified atom stereocenters. The van der Waals surface area contributed by atoms with Crippen LogP contribution in [0.2, 0.25) is 0 Å². The minimum atomic E-state index is -0.613. The van der Waals surface area contributed by atoms with Crippen molar-refractivity contribution in [1.29, 1.82) is 0 Å². The van der Waals surface area contributed by atoms with Gasteiger partial charge in [0.05, 0.1) is 0 Å². The van der Waals surface area contributed by atoms with E-state index in [2.05, 4.69) is 19.2 Å². The van der Waals surface area contributed by atoms with Gasteiger partial charge in [-0.2, -0.15) is 0 Å². The first-order valence-electron chi connectivity index (χ1n) is 8.50. The van der Waals surface area contributed by atoms with Gasteiger partial charge in [0, 0.05) is 11.8 Å². The molecule has 1 aliphatic rings. The topological polar surface area (TPSA) is 56.8 Å². The number of ether oxygens (including phenoxy) is 3. The Labute approximate surface area is 147 Å². The summed E-state index contributed by atoms with van der Waals surface area (Å²) in [7, 11) is 0. The van der Waals surface area contributed by atoms with Gasteiger partial charge in [0.1, 0.15) is 19.0 Å². The highest BCUT2D eigenvalue weighted by molar-refractivity contribution is 5.94. The summed E-state index contributed by atoms with van der Waals surface area (Å²) in [4.78, 5) is 12.4. The molecule has 1 N–H and O–H groups in total. The summed E-state index contributed by atoms with van der Waals surface area (Å²) < 4.78 is 16.7. The number of carbonyl (C=O) groups excluding carboxylic acids is 1. The van der Waals surface area contributed by atoms with Crippen LogP contribution in [-0.4, -0.2) is 25.2 Å². The van der Waals surface area contributed by atoms with E-state index >= 15 is 0 Å². The second kappa shape index (κ2) is 7.47. The third kappa shape index (κ3) is 4.24. The van der Waals surface area contributed by atoms with Gasteiger partial charge in [-0.3, -0.25) is 4.79 Å². The van der Waals surface area contributed by atoms with Crippen LogP contribution in [0.25, 0.3) is 0 Å². The minimum Gasteiger partial charge on any atom is -0.486 e. The van der Waals surface area contributed by atoms with E-state index in [1.807, 2.05) is 24.3 Å². The molecule has 0 bridgehead atoms. The van der Waals surface area contributed by atoms with Crippen molar-refractivity contribution in [1.82, 2.24) is 0 Å². The fourth-order valence-corrected chi connectivity index (χ4v) is 2.55. The van der Waals surface area contributed by atoms with E-state index in [0.717, 1.165) is 0 Å². The number of hydrogen-bond acceptors (Lipinski definition) is 4. The summed E-state index contributed by atoms with van der Waals surface area (Å²) in [5, 5.41) is 2.84. The number of amides is 1. The van der Waals surface area contributed by atoms with Gasteiger partial charge >= 0.3 is 0 Å². The molecule has 2 aromatic carbocycles. The molecule has 1 amide bonds. The maximum absolute atomic E-state index is 12.4. The molecule has 25 heavy (non-hydrogen) atoms. The fourth-order valence-electron chi connectivity index (χ4n) is 2.55. The zero-order valence-electron chi connectivity index (χ0n) is 14.7. The highest BCUT2D eigenvalue weighted by atomic mass is 16.6. The van der Waals surface area contributed by atoms with Gasteiger partial charge in [0.2, 0.25) is 0 Å². The molecule has 132 valence electrons. The van der Waals surface area contributed by atoms with E-state index in [1.165, 1.54) is 5.56 Å². The Kier molecular flexibility index (Phi) is 5.12.